The van der Waals surface area contributed by atoms with Crippen molar-refractivity contribution < 1.29 is 8.42 Å². The van der Waals surface area contributed by atoms with Crippen LogP contribution in [-0.4, -0.2) is 43.8 Å². The number of hydrogen-bond acceptors (Lipinski definition) is 4. The van der Waals surface area contributed by atoms with Gasteiger partial charge in [0.15, 0.2) is 0 Å². The van der Waals surface area contributed by atoms with Crippen LogP contribution in [0.4, 0.5) is 0 Å². The molecule has 26 heavy (non-hydrogen) atoms. The van der Waals surface area contributed by atoms with Crippen molar-refractivity contribution in [2.45, 2.75) is 23.8 Å². The Bertz CT molecular complexity index is 957. The fraction of sp³-hybridized carbons (Fsp3) is 0.350. The minimum atomic E-state index is -3.63. The lowest BCUT2D eigenvalue weighted by Crippen LogP contribution is -2.49. The summed E-state index contributed by atoms with van der Waals surface area (Å²) in [6, 6.07) is 17.4. The van der Waals surface area contributed by atoms with Gasteiger partial charge in [-0.3, -0.25) is 4.90 Å². The zero-order chi connectivity index (χ0) is 18.1. The van der Waals surface area contributed by atoms with Gasteiger partial charge in [-0.1, -0.05) is 36.4 Å². The Balaban J connectivity index is 1.50. The third-order valence-corrected chi connectivity index (χ3v) is 7.40. The van der Waals surface area contributed by atoms with Gasteiger partial charge in [0.25, 0.3) is 0 Å². The average Bonchev–Trinajstić information content (AvgIpc) is 3.12. The number of rotatable bonds is 3. The molecule has 0 amide bonds. The van der Waals surface area contributed by atoms with E-state index in [-0.39, 0.29) is 10.5 Å². The highest BCUT2D eigenvalue weighted by Gasteiger charge is 2.34. The molecule has 6 heteroatoms. The summed E-state index contributed by atoms with van der Waals surface area (Å²) in [5.41, 5.74) is 3.01. The molecule has 0 radical (unpaired) electrons. The zero-order valence-electron chi connectivity index (χ0n) is 14.5. The smallest absolute Gasteiger partial charge is 0.244 e. The number of sulfonamides is 1. The van der Waals surface area contributed by atoms with Crippen LogP contribution in [0.2, 0.25) is 0 Å². The molecule has 0 saturated carbocycles. The van der Waals surface area contributed by atoms with Crippen LogP contribution in [0.3, 0.4) is 0 Å². The molecule has 1 saturated heterocycles. The third-order valence-electron chi connectivity index (χ3n) is 5.44. The second-order valence-electron chi connectivity index (χ2n) is 6.80. The molecule has 2 aromatic carbocycles. The fourth-order valence-corrected chi connectivity index (χ4v) is 5.66. The van der Waals surface area contributed by atoms with Gasteiger partial charge in [0, 0.05) is 32.2 Å². The zero-order valence-corrected chi connectivity index (χ0v) is 15.3. The van der Waals surface area contributed by atoms with Crippen molar-refractivity contribution in [3.05, 3.63) is 65.2 Å². The lowest BCUT2D eigenvalue weighted by Gasteiger charge is -2.37. The molecule has 2 aromatic rings. The number of hydrogen-bond donors (Lipinski definition) is 0. The number of piperazine rings is 1. The Kier molecular flexibility index (Phi) is 4.53. The maximum atomic E-state index is 12.9. The van der Waals surface area contributed by atoms with E-state index in [4.69, 9.17) is 0 Å². The molecule has 0 N–H and O–H groups in total. The molecule has 4 rings (SSSR count). The Labute approximate surface area is 154 Å². The largest absolute Gasteiger partial charge is 0.294 e. The Hall–Kier alpha value is -2.20. The van der Waals surface area contributed by atoms with E-state index >= 15 is 0 Å². The molecule has 1 heterocycles. The highest BCUT2D eigenvalue weighted by molar-refractivity contribution is 7.89. The molecule has 5 nitrogen and oxygen atoms in total. The molecule has 0 aromatic heterocycles. The van der Waals surface area contributed by atoms with Crippen LogP contribution in [0.25, 0.3) is 0 Å². The molecule has 1 aliphatic heterocycles. The van der Waals surface area contributed by atoms with E-state index in [1.165, 1.54) is 21.5 Å². The first-order valence-corrected chi connectivity index (χ1v) is 10.4. The van der Waals surface area contributed by atoms with Crippen LogP contribution >= 0.6 is 0 Å². The SMILES string of the molecule is N#Cc1ccccc1S(=O)(=O)N1CCN(C2CCc3ccccc32)CC1. The van der Waals surface area contributed by atoms with E-state index in [9.17, 15) is 13.7 Å². The summed E-state index contributed by atoms with van der Waals surface area (Å²) in [6.45, 7) is 2.35. The van der Waals surface area contributed by atoms with Crippen LogP contribution in [0.1, 0.15) is 29.2 Å². The van der Waals surface area contributed by atoms with Gasteiger partial charge in [0.05, 0.1) is 10.5 Å². The summed E-state index contributed by atoms with van der Waals surface area (Å²) in [5, 5.41) is 9.22. The first kappa shape index (κ1) is 17.2. The summed E-state index contributed by atoms with van der Waals surface area (Å²) in [6.07, 6.45) is 2.19. The summed E-state index contributed by atoms with van der Waals surface area (Å²) in [5.74, 6) is 0. The Morgan fingerprint density at radius 2 is 1.65 bits per heavy atom. The number of fused-ring (bicyclic) bond motifs is 1. The first-order valence-electron chi connectivity index (χ1n) is 8.92. The van der Waals surface area contributed by atoms with E-state index in [0.29, 0.717) is 32.2 Å². The molecule has 0 bridgehead atoms. The van der Waals surface area contributed by atoms with Crippen LogP contribution in [0.5, 0.6) is 0 Å². The number of aryl methyl sites for hydroxylation is 1. The fourth-order valence-electron chi connectivity index (χ4n) is 4.09. The van der Waals surface area contributed by atoms with Crippen LogP contribution in [0.15, 0.2) is 53.4 Å². The van der Waals surface area contributed by atoms with Gasteiger partial charge in [0.1, 0.15) is 6.07 Å². The van der Waals surface area contributed by atoms with E-state index < -0.39 is 10.0 Å². The predicted octanol–water partition coefficient (Wildman–Crippen LogP) is 2.55. The standard InChI is InChI=1S/C20H21N3O2S/c21-15-17-6-2-4-8-20(17)26(24,25)23-13-11-22(12-14-23)19-10-9-16-5-1-3-7-18(16)19/h1-8,19H,9-14H2. The van der Waals surface area contributed by atoms with Gasteiger partial charge < -0.3 is 0 Å². The predicted molar refractivity (Wildman–Crippen MR) is 99.0 cm³/mol. The second-order valence-corrected chi connectivity index (χ2v) is 8.71. The summed E-state index contributed by atoms with van der Waals surface area (Å²) >= 11 is 0. The van der Waals surface area contributed by atoms with Crippen molar-refractivity contribution in [1.29, 1.82) is 5.26 Å². The van der Waals surface area contributed by atoms with E-state index in [1.807, 2.05) is 6.07 Å². The minimum absolute atomic E-state index is 0.113. The monoisotopic (exact) mass is 367 g/mol. The second kappa shape index (κ2) is 6.84. The number of benzene rings is 2. The Morgan fingerprint density at radius 1 is 0.962 bits per heavy atom. The van der Waals surface area contributed by atoms with Crippen molar-refractivity contribution in [3.63, 3.8) is 0 Å². The molecule has 134 valence electrons. The van der Waals surface area contributed by atoms with Crippen molar-refractivity contribution in [2.75, 3.05) is 26.2 Å². The molecule has 1 unspecified atom stereocenters. The lowest BCUT2D eigenvalue weighted by atomic mass is 10.1. The van der Waals surface area contributed by atoms with Gasteiger partial charge in [-0.2, -0.15) is 9.57 Å². The maximum Gasteiger partial charge on any atom is 0.244 e. The quantitative estimate of drug-likeness (QED) is 0.836. The van der Waals surface area contributed by atoms with Gasteiger partial charge in [-0.15, -0.1) is 0 Å². The maximum absolute atomic E-state index is 12.9. The van der Waals surface area contributed by atoms with Crippen LogP contribution in [0, 0.1) is 11.3 Å². The van der Waals surface area contributed by atoms with Gasteiger partial charge in [-0.25, -0.2) is 8.42 Å². The van der Waals surface area contributed by atoms with E-state index in [2.05, 4.69) is 29.2 Å². The molecule has 1 aliphatic carbocycles. The van der Waals surface area contributed by atoms with E-state index in [0.717, 1.165) is 12.8 Å². The normalized spacial score (nSPS) is 21.3. The molecule has 0 spiro atoms. The summed E-state index contributed by atoms with van der Waals surface area (Å²) < 4.78 is 27.4. The number of nitrogens with zero attached hydrogens (tertiary/aromatic N) is 3. The molecule has 1 atom stereocenters. The van der Waals surface area contributed by atoms with Crippen molar-refractivity contribution in [2.24, 2.45) is 0 Å². The molecule has 1 fully saturated rings. The lowest BCUT2D eigenvalue weighted by molar-refractivity contribution is 0.137. The van der Waals surface area contributed by atoms with Crippen molar-refractivity contribution >= 4 is 10.0 Å². The molecule has 2 aliphatic rings. The van der Waals surface area contributed by atoms with Crippen molar-refractivity contribution in [3.8, 4) is 6.07 Å². The highest BCUT2D eigenvalue weighted by Crippen LogP contribution is 2.36. The summed E-state index contributed by atoms with van der Waals surface area (Å²) in [7, 11) is -3.63. The third kappa shape index (κ3) is 2.92. The topological polar surface area (TPSA) is 64.4 Å². The molecular formula is C20H21N3O2S. The van der Waals surface area contributed by atoms with Gasteiger partial charge in [-0.05, 0) is 36.1 Å². The minimum Gasteiger partial charge on any atom is -0.294 e. The van der Waals surface area contributed by atoms with Crippen molar-refractivity contribution in [1.82, 2.24) is 9.21 Å². The first-order chi connectivity index (χ1) is 12.6. The van der Waals surface area contributed by atoms with Crippen LogP contribution < -0.4 is 0 Å². The van der Waals surface area contributed by atoms with Gasteiger partial charge >= 0.3 is 0 Å². The highest BCUT2D eigenvalue weighted by atomic mass is 32.2. The van der Waals surface area contributed by atoms with Crippen LogP contribution in [-0.2, 0) is 16.4 Å². The van der Waals surface area contributed by atoms with Gasteiger partial charge in [0.2, 0.25) is 10.0 Å². The van der Waals surface area contributed by atoms with E-state index in [1.54, 1.807) is 18.2 Å². The number of nitriles is 1. The summed E-state index contributed by atoms with van der Waals surface area (Å²) in [4.78, 5) is 2.51. The Morgan fingerprint density at radius 3 is 2.42 bits per heavy atom. The molecular weight excluding hydrogens is 346 g/mol. The average molecular weight is 367 g/mol.